The molecule has 0 bridgehead atoms. The maximum Gasteiger partial charge on any atom is 0.148 e. The van der Waals surface area contributed by atoms with Crippen LogP contribution in [0.5, 0.6) is 5.75 Å². The summed E-state index contributed by atoms with van der Waals surface area (Å²) in [6, 6.07) is 13.9. The maximum atomic E-state index is 5.81. The van der Waals surface area contributed by atoms with Crippen molar-refractivity contribution in [3.8, 4) is 17.1 Å². The van der Waals surface area contributed by atoms with E-state index in [4.69, 9.17) is 10.5 Å². The van der Waals surface area contributed by atoms with Crippen LogP contribution in [0.2, 0.25) is 0 Å². The van der Waals surface area contributed by atoms with E-state index in [1.54, 1.807) is 7.11 Å². The van der Waals surface area contributed by atoms with Crippen molar-refractivity contribution in [3.63, 3.8) is 0 Å². The molecule has 0 saturated heterocycles. The molecule has 0 atom stereocenters. The maximum absolute atomic E-state index is 5.81. The zero-order valence-electron chi connectivity index (χ0n) is 10.7. The fourth-order valence-electron chi connectivity index (χ4n) is 2.30. The molecule has 0 aliphatic carbocycles. The number of aromatic nitrogens is 2. The van der Waals surface area contributed by atoms with Crippen molar-refractivity contribution in [2.75, 3.05) is 7.11 Å². The van der Waals surface area contributed by atoms with Gasteiger partial charge < -0.3 is 10.5 Å². The van der Waals surface area contributed by atoms with E-state index in [1.165, 1.54) is 0 Å². The Hall–Kier alpha value is -2.33. The van der Waals surface area contributed by atoms with E-state index >= 15 is 0 Å². The van der Waals surface area contributed by atoms with Crippen molar-refractivity contribution in [1.82, 2.24) is 9.38 Å². The van der Waals surface area contributed by atoms with Gasteiger partial charge in [-0.1, -0.05) is 18.2 Å². The lowest BCUT2D eigenvalue weighted by atomic mass is 10.2. The van der Waals surface area contributed by atoms with Crippen molar-refractivity contribution in [3.05, 3.63) is 54.4 Å². The number of nitrogens with zero attached hydrogens (tertiary/aromatic N) is 2. The minimum atomic E-state index is 0.468. The summed E-state index contributed by atoms with van der Waals surface area (Å²) in [7, 11) is 1.67. The summed E-state index contributed by atoms with van der Waals surface area (Å²) in [6.45, 7) is 0.468. The zero-order chi connectivity index (χ0) is 13.2. The summed E-state index contributed by atoms with van der Waals surface area (Å²) in [5.41, 5.74) is 8.83. The van der Waals surface area contributed by atoms with Gasteiger partial charge >= 0.3 is 0 Å². The van der Waals surface area contributed by atoms with Gasteiger partial charge in [0, 0.05) is 12.2 Å². The lowest BCUT2D eigenvalue weighted by Crippen LogP contribution is -2.05. The van der Waals surface area contributed by atoms with Gasteiger partial charge in [-0.25, -0.2) is 4.98 Å². The van der Waals surface area contributed by atoms with Gasteiger partial charge in [0.1, 0.15) is 11.6 Å². The van der Waals surface area contributed by atoms with E-state index in [9.17, 15) is 0 Å². The standard InChI is InChI=1S/C15H15N3O/c1-19-14-8-3-2-7-13(14)15-17-10-12-6-4-5-11(9-16)18(12)15/h2-8,10H,9,16H2,1H3. The molecule has 3 aromatic rings. The van der Waals surface area contributed by atoms with Crippen LogP contribution in [0.25, 0.3) is 16.9 Å². The average molecular weight is 253 g/mol. The summed E-state index contributed by atoms with van der Waals surface area (Å²) in [4.78, 5) is 4.51. The smallest absolute Gasteiger partial charge is 0.148 e. The number of rotatable bonds is 3. The normalized spacial score (nSPS) is 10.8. The highest BCUT2D eigenvalue weighted by Gasteiger charge is 2.12. The first-order valence-electron chi connectivity index (χ1n) is 6.14. The van der Waals surface area contributed by atoms with E-state index in [0.717, 1.165) is 28.3 Å². The van der Waals surface area contributed by atoms with Crippen LogP contribution in [0.15, 0.2) is 48.7 Å². The molecule has 4 nitrogen and oxygen atoms in total. The molecule has 0 aliphatic rings. The van der Waals surface area contributed by atoms with Crippen LogP contribution >= 0.6 is 0 Å². The number of methoxy groups -OCH3 is 1. The van der Waals surface area contributed by atoms with E-state index in [1.807, 2.05) is 48.7 Å². The van der Waals surface area contributed by atoms with Gasteiger partial charge in [-0.05, 0) is 24.3 Å². The molecule has 0 fully saturated rings. The predicted molar refractivity (Wildman–Crippen MR) is 75.1 cm³/mol. The molecule has 0 spiro atoms. The second kappa shape index (κ2) is 4.74. The first kappa shape index (κ1) is 11.7. The number of pyridine rings is 1. The van der Waals surface area contributed by atoms with Crippen LogP contribution in [-0.2, 0) is 6.54 Å². The fraction of sp³-hybridized carbons (Fsp3) is 0.133. The highest BCUT2D eigenvalue weighted by Crippen LogP contribution is 2.29. The summed E-state index contributed by atoms with van der Waals surface area (Å²) >= 11 is 0. The van der Waals surface area contributed by atoms with E-state index in [2.05, 4.69) is 9.38 Å². The van der Waals surface area contributed by atoms with Crippen LogP contribution in [0, 0.1) is 0 Å². The third-order valence-corrected chi connectivity index (χ3v) is 3.19. The minimum absolute atomic E-state index is 0.468. The number of nitrogens with two attached hydrogens (primary N) is 1. The molecule has 2 heterocycles. The van der Waals surface area contributed by atoms with Crippen molar-refractivity contribution >= 4 is 5.52 Å². The molecule has 0 aliphatic heterocycles. The number of para-hydroxylation sites is 1. The highest BCUT2D eigenvalue weighted by atomic mass is 16.5. The van der Waals surface area contributed by atoms with Gasteiger partial charge in [0.2, 0.25) is 0 Å². The molecular weight excluding hydrogens is 238 g/mol. The van der Waals surface area contributed by atoms with Crippen molar-refractivity contribution in [1.29, 1.82) is 0 Å². The zero-order valence-corrected chi connectivity index (χ0v) is 10.7. The summed E-state index contributed by atoms with van der Waals surface area (Å²) in [6.07, 6.45) is 1.85. The van der Waals surface area contributed by atoms with Crippen LogP contribution < -0.4 is 10.5 Å². The number of hydrogen-bond donors (Lipinski definition) is 1. The first-order chi connectivity index (χ1) is 9.35. The Morgan fingerprint density at radius 3 is 2.79 bits per heavy atom. The number of benzene rings is 1. The summed E-state index contributed by atoms with van der Waals surface area (Å²) < 4.78 is 7.47. The molecule has 96 valence electrons. The molecule has 2 N–H and O–H groups in total. The van der Waals surface area contributed by atoms with E-state index < -0.39 is 0 Å². The largest absolute Gasteiger partial charge is 0.496 e. The van der Waals surface area contributed by atoms with Gasteiger partial charge in [0.25, 0.3) is 0 Å². The number of imidazole rings is 1. The van der Waals surface area contributed by atoms with Gasteiger partial charge in [-0.3, -0.25) is 4.40 Å². The van der Waals surface area contributed by atoms with Crippen LogP contribution in [0.4, 0.5) is 0 Å². The van der Waals surface area contributed by atoms with Gasteiger partial charge in [-0.2, -0.15) is 0 Å². The van der Waals surface area contributed by atoms with Crippen LogP contribution in [-0.4, -0.2) is 16.5 Å². The Bertz CT molecular complexity index is 718. The molecule has 1 aromatic carbocycles. The number of hydrogen-bond acceptors (Lipinski definition) is 3. The van der Waals surface area contributed by atoms with Crippen molar-refractivity contribution in [2.45, 2.75) is 6.54 Å². The van der Waals surface area contributed by atoms with Crippen molar-refractivity contribution < 1.29 is 4.74 Å². The third kappa shape index (κ3) is 1.86. The Morgan fingerprint density at radius 2 is 2.00 bits per heavy atom. The molecule has 2 aromatic heterocycles. The lowest BCUT2D eigenvalue weighted by Gasteiger charge is -2.10. The third-order valence-electron chi connectivity index (χ3n) is 3.19. The molecule has 0 saturated carbocycles. The fourth-order valence-corrected chi connectivity index (χ4v) is 2.30. The summed E-state index contributed by atoms with van der Waals surface area (Å²) in [5, 5.41) is 0. The van der Waals surface area contributed by atoms with E-state index in [-0.39, 0.29) is 0 Å². The number of fused-ring (bicyclic) bond motifs is 1. The summed E-state index contributed by atoms with van der Waals surface area (Å²) in [5.74, 6) is 1.66. The first-order valence-corrected chi connectivity index (χ1v) is 6.14. The lowest BCUT2D eigenvalue weighted by molar-refractivity contribution is 0.416. The quantitative estimate of drug-likeness (QED) is 0.780. The second-order valence-corrected chi connectivity index (χ2v) is 4.26. The van der Waals surface area contributed by atoms with Crippen molar-refractivity contribution in [2.24, 2.45) is 5.73 Å². The Morgan fingerprint density at radius 1 is 1.16 bits per heavy atom. The Balaban J connectivity index is 2.31. The average Bonchev–Trinajstić information content (AvgIpc) is 2.91. The number of ether oxygens (including phenoxy) is 1. The predicted octanol–water partition coefficient (Wildman–Crippen LogP) is 2.47. The molecule has 3 rings (SSSR count). The monoisotopic (exact) mass is 253 g/mol. The SMILES string of the molecule is COc1ccccc1-c1ncc2cccc(CN)n12. The molecule has 4 heteroatoms. The molecule has 19 heavy (non-hydrogen) atoms. The Labute approximate surface area is 111 Å². The Kier molecular flexibility index (Phi) is 2.93. The topological polar surface area (TPSA) is 52.5 Å². The molecule has 0 amide bonds. The minimum Gasteiger partial charge on any atom is -0.496 e. The highest BCUT2D eigenvalue weighted by molar-refractivity contribution is 5.68. The van der Waals surface area contributed by atoms with Gasteiger partial charge in [0.15, 0.2) is 0 Å². The molecule has 0 unspecified atom stereocenters. The van der Waals surface area contributed by atoms with Crippen LogP contribution in [0.1, 0.15) is 5.69 Å². The van der Waals surface area contributed by atoms with E-state index in [0.29, 0.717) is 6.54 Å². The second-order valence-electron chi connectivity index (χ2n) is 4.26. The van der Waals surface area contributed by atoms with Crippen LogP contribution in [0.3, 0.4) is 0 Å². The molecular formula is C15H15N3O. The van der Waals surface area contributed by atoms with Gasteiger partial charge in [0.05, 0.1) is 24.4 Å². The molecule has 0 radical (unpaired) electrons. The van der Waals surface area contributed by atoms with Gasteiger partial charge in [-0.15, -0.1) is 0 Å².